The first-order valence-corrected chi connectivity index (χ1v) is 6.77. The minimum atomic E-state index is 0.663. The van der Waals surface area contributed by atoms with E-state index in [4.69, 9.17) is 4.74 Å². The van der Waals surface area contributed by atoms with E-state index in [9.17, 15) is 0 Å². The number of piperidine rings is 1. The summed E-state index contributed by atoms with van der Waals surface area (Å²) < 4.78 is 5.32. The number of hydrogen-bond acceptors (Lipinski definition) is 5. The molecule has 0 N–H and O–H groups in total. The standard InChI is InChI=1S/C11H19N3OS/c1-3-15-11-13-12-10(16-11)8-14-6-4-9(2)5-7-14/h9H,3-8H2,1-2H3. The molecule has 0 saturated carbocycles. The zero-order valence-electron chi connectivity index (χ0n) is 9.98. The zero-order chi connectivity index (χ0) is 11.4. The molecule has 1 saturated heterocycles. The van der Waals surface area contributed by atoms with Gasteiger partial charge in [-0.15, -0.1) is 10.2 Å². The molecule has 1 fully saturated rings. The largest absolute Gasteiger partial charge is 0.469 e. The van der Waals surface area contributed by atoms with Gasteiger partial charge in [-0.1, -0.05) is 18.3 Å². The highest BCUT2D eigenvalue weighted by atomic mass is 32.1. The van der Waals surface area contributed by atoms with Gasteiger partial charge < -0.3 is 4.74 Å². The van der Waals surface area contributed by atoms with Crippen molar-refractivity contribution in [3.63, 3.8) is 0 Å². The van der Waals surface area contributed by atoms with Gasteiger partial charge in [-0.25, -0.2) is 0 Å². The Morgan fingerprint density at radius 1 is 1.38 bits per heavy atom. The van der Waals surface area contributed by atoms with Gasteiger partial charge in [0.05, 0.1) is 13.2 Å². The lowest BCUT2D eigenvalue weighted by Crippen LogP contribution is -2.32. The van der Waals surface area contributed by atoms with Crippen molar-refractivity contribution >= 4 is 11.3 Å². The van der Waals surface area contributed by atoms with Gasteiger partial charge >= 0.3 is 0 Å². The molecule has 0 spiro atoms. The van der Waals surface area contributed by atoms with Gasteiger partial charge in [-0.2, -0.15) is 0 Å². The highest BCUT2D eigenvalue weighted by molar-refractivity contribution is 7.13. The maximum absolute atomic E-state index is 5.32. The Labute approximate surface area is 101 Å². The molecular weight excluding hydrogens is 222 g/mol. The Morgan fingerprint density at radius 2 is 2.12 bits per heavy atom. The summed E-state index contributed by atoms with van der Waals surface area (Å²) in [4.78, 5) is 2.45. The number of likely N-dealkylation sites (tertiary alicyclic amines) is 1. The molecule has 90 valence electrons. The fourth-order valence-electron chi connectivity index (χ4n) is 1.90. The molecule has 2 heterocycles. The minimum Gasteiger partial charge on any atom is -0.469 e. The van der Waals surface area contributed by atoms with E-state index < -0.39 is 0 Å². The lowest BCUT2D eigenvalue weighted by Gasteiger charge is -2.29. The van der Waals surface area contributed by atoms with Crippen LogP contribution in [0.15, 0.2) is 0 Å². The molecule has 0 aromatic carbocycles. The Morgan fingerprint density at radius 3 is 2.81 bits per heavy atom. The highest BCUT2D eigenvalue weighted by Crippen LogP contribution is 2.22. The molecule has 0 bridgehead atoms. The Balaban J connectivity index is 1.83. The molecule has 1 aromatic heterocycles. The first-order valence-electron chi connectivity index (χ1n) is 5.95. The van der Waals surface area contributed by atoms with Gasteiger partial charge in [0.2, 0.25) is 0 Å². The van der Waals surface area contributed by atoms with Crippen LogP contribution in [-0.2, 0) is 6.54 Å². The quantitative estimate of drug-likeness (QED) is 0.809. The smallest absolute Gasteiger partial charge is 0.294 e. The van der Waals surface area contributed by atoms with Crippen LogP contribution < -0.4 is 4.74 Å². The van der Waals surface area contributed by atoms with Crippen LogP contribution in [0.25, 0.3) is 0 Å². The van der Waals surface area contributed by atoms with Crippen LogP contribution in [0.2, 0.25) is 0 Å². The third kappa shape index (κ3) is 3.15. The highest BCUT2D eigenvalue weighted by Gasteiger charge is 2.17. The van der Waals surface area contributed by atoms with Crippen LogP contribution >= 0.6 is 11.3 Å². The molecule has 2 rings (SSSR count). The predicted octanol–water partition coefficient (Wildman–Crippen LogP) is 2.17. The molecule has 1 aliphatic rings. The number of rotatable bonds is 4. The fourth-order valence-corrected chi connectivity index (χ4v) is 2.68. The van der Waals surface area contributed by atoms with Gasteiger partial charge in [-0.05, 0) is 38.8 Å². The summed E-state index contributed by atoms with van der Waals surface area (Å²) in [5, 5.41) is 9.92. The van der Waals surface area contributed by atoms with Crippen LogP contribution in [0.5, 0.6) is 5.19 Å². The Bertz CT molecular complexity index is 321. The molecule has 0 atom stereocenters. The predicted molar refractivity (Wildman–Crippen MR) is 64.8 cm³/mol. The first-order chi connectivity index (χ1) is 7.78. The van der Waals surface area contributed by atoms with Crippen molar-refractivity contribution in [3.8, 4) is 5.19 Å². The van der Waals surface area contributed by atoms with Gasteiger partial charge in [0.25, 0.3) is 5.19 Å². The molecule has 4 nitrogen and oxygen atoms in total. The van der Waals surface area contributed by atoms with Crippen LogP contribution in [0.1, 0.15) is 31.7 Å². The molecule has 1 aliphatic heterocycles. The lowest BCUT2D eigenvalue weighted by atomic mass is 9.99. The molecule has 16 heavy (non-hydrogen) atoms. The van der Waals surface area contributed by atoms with E-state index in [0.717, 1.165) is 17.5 Å². The molecule has 5 heteroatoms. The SMILES string of the molecule is CCOc1nnc(CN2CCC(C)CC2)s1. The summed E-state index contributed by atoms with van der Waals surface area (Å²) in [6.07, 6.45) is 2.61. The molecule has 1 aromatic rings. The second-order valence-electron chi connectivity index (χ2n) is 4.35. The van der Waals surface area contributed by atoms with E-state index in [0.29, 0.717) is 11.8 Å². The third-order valence-corrected chi connectivity index (χ3v) is 3.77. The number of nitrogens with zero attached hydrogens (tertiary/aromatic N) is 3. The zero-order valence-corrected chi connectivity index (χ0v) is 10.8. The van der Waals surface area contributed by atoms with Crippen molar-refractivity contribution in [2.45, 2.75) is 33.2 Å². The van der Waals surface area contributed by atoms with Crippen LogP contribution in [0.4, 0.5) is 0 Å². The van der Waals surface area contributed by atoms with Crippen LogP contribution in [-0.4, -0.2) is 34.8 Å². The van der Waals surface area contributed by atoms with Gasteiger partial charge in [0, 0.05) is 0 Å². The van der Waals surface area contributed by atoms with Crippen molar-refractivity contribution in [1.29, 1.82) is 0 Å². The van der Waals surface area contributed by atoms with Gasteiger partial charge in [0.1, 0.15) is 5.01 Å². The summed E-state index contributed by atoms with van der Waals surface area (Å²) in [5.41, 5.74) is 0. The second kappa shape index (κ2) is 5.59. The van der Waals surface area contributed by atoms with Crippen molar-refractivity contribution in [3.05, 3.63) is 5.01 Å². The summed E-state index contributed by atoms with van der Waals surface area (Å²) in [7, 11) is 0. The van der Waals surface area contributed by atoms with Crippen molar-refractivity contribution in [1.82, 2.24) is 15.1 Å². The van der Waals surface area contributed by atoms with E-state index >= 15 is 0 Å². The average molecular weight is 241 g/mol. The molecule has 0 aliphatic carbocycles. The normalized spacial score (nSPS) is 18.9. The van der Waals surface area contributed by atoms with E-state index in [2.05, 4.69) is 22.0 Å². The summed E-state index contributed by atoms with van der Waals surface area (Å²) in [6, 6.07) is 0. The van der Waals surface area contributed by atoms with Crippen molar-refractivity contribution in [2.75, 3.05) is 19.7 Å². The summed E-state index contributed by atoms with van der Waals surface area (Å²) >= 11 is 1.57. The maximum atomic E-state index is 5.32. The van der Waals surface area contributed by atoms with Gasteiger partial charge in [-0.3, -0.25) is 4.90 Å². The van der Waals surface area contributed by atoms with E-state index in [1.54, 1.807) is 11.3 Å². The lowest BCUT2D eigenvalue weighted by molar-refractivity contribution is 0.185. The topological polar surface area (TPSA) is 38.3 Å². The number of aromatic nitrogens is 2. The summed E-state index contributed by atoms with van der Waals surface area (Å²) in [6.45, 7) is 8.26. The first kappa shape index (κ1) is 11.8. The van der Waals surface area contributed by atoms with Crippen molar-refractivity contribution in [2.24, 2.45) is 5.92 Å². The third-order valence-electron chi connectivity index (χ3n) is 2.95. The minimum absolute atomic E-state index is 0.663. The van der Waals surface area contributed by atoms with E-state index in [1.807, 2.05) is 6.92 Å². The average Bonchev–Trinajstić information content (AvgIpc) is 2.70. The molecule has 0 unspecified atom stereocenters. The van der Waals surface area contributed by atoms with Crippen LogP contribution in [0.3, 0.4) is 0 Å². The Kier molecular flexibility index (Phi) is 4.12. The monoisotopic (exact) mass is 241 g/mol. The Hall–Kier alpha value is -0.680. The van der Waals surface area contributed by atoms with Gasteiger partial charge in [0.15, 0.2) is 0 Å². The molecule has 0 radical (unpaired) electrons. The van der Waals surface area contributed by atoms with E-state index in [-0.39, 0.29) is 0 Å². The second-order valence-corrected chi connectivity index (χ2v) is 5.38. The van der Waals surface area contributed by atoms with E-state index in [1.165, 1.54) is 25.9 Å². The number of ether oxygens (including phenoxy) is 1. The van der Waals surface area contributed by atoms with Crippen LogP contribution in [0, 0.1) is 5.92 Å². The number of hydrogen-bond donors (Lipinski definition) is 0. The molecular formula is C11H19N3OS. The molecule has 0 amide bonds. The van der Waals surface area contributed by atoms with Crippen molar-refractivity contribution < 1.29 is 4.74 Å². The summed E-state index contributed by atoms with van der Waals surface area (Å²) in [5.74, 6) is 0.879. The fraction of sp³-hybridized carbons (Fsp3) is 0.818. The maximum Gasteiger partial charge on any atom is 0.294 e.